The zero-order valence-corrected chi connectivity index (χ0v) is 16.5. The molecule has 0 radical (unpaired) electrons. The van der Waals surface area contributed by atoms with E-state index in [-0.39, 0.29) is 5.91 Å². The lowest BCUT2D eigenvalue weighted by Gasteiger charge is -2.10. The van der Waals surface area contributed by atoms with Crippen LogP contribution in [0.4, 0.5) is 0 Å². The van der Waals surface area contributed by atoms with Crippen molar-refractivity contribution >= 4 is 61.2 Å². The molecule has 27 heavy (non-hydrogen) atoms. The number of hydrogen-bond donors (Lipinski definition) is 1. The van der Waals surface area contributed by atoms with E-state index in [9.17, 15) is 4.79 Å². The Labute approximate surface area is 169 Å². The molecule has 0 bridgehead atoms. The first-order chi connectivity index (χ1) is 13.2. The maximum absolute atomic E-state index is 12.4. The van der Waals surface area contributed by atoms with Gasteiger partial charge in [-0.25, -0.2) is 5.43 Å². The molecule has 0 heterocycles. The van der Waals surface area contributed by atoms with Gasteiger partial charge in [-0.3, -0.25) is 4.79 Å². The number of carbonyl (C=O) groups is 1. The number of hydrazone groups is 1. The van der Waals surface area contributed by atoms with Gasteiger partial charge in [-0.2, -0.15) is 5.10 Å². The molecule has 0 saturated heterocycles. The van der Waals surface area contributed by atoms with Gasteiger partial charge in [0.2, 0.25) is 0 Å². The van der Waals surface area contributed by atoms with Gasteiger partial charge >= 0.3 is 0 Å². The molecule has 0 spiro atoms. The lowest BCUT2D eigenvalue weighted by molar-refractivity contribution is 0.0954. The molecule has 0 aromatic heterocycles. The van der Waals surface area contributed by atoms with Crippen molar-refractivity contribution in [3.05, 3.63) is 93.4 Å². The summed E-state index contributed by atoms with van der Waals surface area (Å²) in [4.78, 5) is 12.4. The Bertz CT molecular complexity index is 1150. The van der Waals surface area contributed by atoms with Crippen molar-refractivity contribution in [3.8, 4) is 0 Å². The van der Waals surface area contributed by atoms with E-state index in [1.165, 1.54) is 0 Å². The minimum Gasteiger partial charge on any atom is -0.267 e. The average molecular weight is 438 g/mol. The SMILES string of the molecule is O=C(NN=Cc1c2ccccc2c(Cl)c2ccccc12)c1ccccc1Br. The van der Waals surface area contributed by atoms with Gasteiger partial charge in [0.1, 0.15) is 0 Å². The Morgan fingerprint density at radius 1 is 0.852 bits per heavy atom. The summed E-state index contributed by atoms with van der Waals surface area (Å²) in [5, 5.41) is 8.80. The maximum atomic E-state index is 12.4. The number of carbonyl (C=O) groups excluding carboxylic acids is 1. The van der Waals surface area contributed by atoms with Crippen LogP contribution in [-0.2, 0) is 0 Å². The van der Waals surface area contributed by atoms with Crippen LogP contribution >= 0.6 is 27.5 Å². The molecule has 4 rings (SSSR count). The molecular weight excluding hydrogens is 424 g/mol. The highest BCUT2D eigenvalue weighted by Crippen LogP contribution is 2.35. The normalized spacial score (nSPS) is 11.3. The number of amides is 1. The summed E-state index contributed by atoms with van der Waals surface area (Å²) in [6, 6.07) is 23.0. The summed E-state index contributed by atoms with van der Waals surface area (Å²) >= 11 is 9.99. The van der Waals surface area contributed by atoms with Crippen LogP contribution < -0.4 is 5.43 Å². The predicted molar refractivity (Wildman–Crippen MR) is 116 cm³/mol. The van der Waals surface area contributed by atoms with Crippen LogP contribution in [-0.4, -0.2) is 12.1 Å². The number of fused-ring (bicyclic) bond motifs is 2. The van der Waals surface area contributed by atoms with Crippen molar-refractivity contribution in [3.63, 3.8) is 0 Å². The molecule has 4 aromatic rings. The summed E-state index contributed by atoms with van der Waals surface area (Å²) < 4.78 is 0.722. The van der Waals surface area contributed by atoms with E-state index in [1.807, 2.05) is 66.7 Å². The highest BCUT2D eigenvalue weighted by Gasteiger charge is 2.11. The first-order valence-corrected chi connectivity index (χ1v) is 9.51. The van der Waals surface area contributed by atoms with Gasteiger partial charge in [0.15, 0.2) is 0 Å². The quantitative estimate of drug-likeness (QED) is 0.232. The van der Waals surface area contributed by atoms with Crippen molar-refractivity contribution in [1.82, 2.24) is 5.43 Å². The van der Waals surface area contributed by atoms with E-state index < -0.39 is 0 Å². The first kappa shape index (κ1) is 17.7. The fourth-order valence-corrected chi connectivity index (χ4v) is 3.90. The van der Waals surface area contributed by atoms with Crippen LogP contribution in [0, 0.1) is 0 Å². The second-order valence-corrected chi connectivity index (χ2v) is 7.23. The third-order valence-corrected chi connectivity index (χ3v) is 5.48. The van der Waals surface area contributed by atoms with Crippen LogP contribution in [0.3, 0.4) is 0 Å². The molecule has 0 atom stereocenters. The van der Waals surface area contributed by atoms with Crippen molar-refractivity contribution in [2.75, 3.05) is 0 Å². The van der Waals surface area contributed by atoms with Gasteiger partial charge in [0, 0.05) is 20.8 Å². The molecule has 1 N–H and O–H groups in total. The largest absolute Gasteiger partial charge is 0.272 e. The minimum atomic E-state index is -0.277. The van der Waals surface area contributed by atoms with Crippen LogP contribution in [0.1, 0.15) is 15.9 Å². The monoisotopic (exact) mass is 436 g/mol. The number of nitrogens with zero attached hydrogens (tertiary/aromatic N) is 1. The molecule has 0 aliphatic rings. The van der Waals surface area contributed by atoms with Crippen LogP contribution in [0.25, 0.3) is 21.5 Å². The average Bonchev–Trinajstić information content (AvgIpc) is 2.71. The zero-order chi connectivity index (χ0) is 18.8. The lowest BCUT2D eigenvalue weighted by Crippen LogP contribution is -2.18. The molecule has 1 amide bonds. The summed E-state index contributed by atoms with van der Waals surface area (Å²) in [5.41, 5.74) is 4.04. The van der Waals surface area contributed by atoms with Gasteiger partial charge in [-0.15, -0.1) is 0 Å². The van der Waals surface area contributed by atoms with Crippen molar-refractivity contribution in [1.29, 1.82) is 0 Å². The van der Waals surface area contributed by atoms with Gasteiger partial charge in [0.25, 0.3) is 5.91 Å². The fourth-order valence-electron chi connectivity index (χ4n) is 3.11. The van der Waals surface area contributed by atoms with Crippen molar-refractivity contribution < 1.29 is 4.79 Å². The summed E-state index contributed by atoms with van der Waals surface area (Å²) in [7, 11) is 0. The molecule has 0 unspecified atom stereocenters. The van der Waals surface area contributed by atoms with Crippen molar-refractivity contribution in [2.45, 2.75) is 0 Å². The smallest absolute Gasteiger partial charge is 0.267 e. The van der Waals surface area contributed by atoms with Gasteiger partial charge in [-0.05, 0) is 38.8 Å². The van der Waals surface area contributed by atoms with E-state index in [2.05, 4.69) is 26.5 Å². The molecule has 3 nitrogen and oxygen atoms in total. The predicted octanol–water partition coefficient (Wildman–Crippen LogP) is 6.17. The Morgan fingerprint density at radius 2 is 1.37 bits per heavy atom. The third-order valence-electron chi connectivity index (χ3n) is 4.39. The fraction of sp³-hybridized carbons (Fsp3) is 0. The number of rotatable bonds is 3. The summed E-state index contributed by atoms with van der Waals surface area (Å²) in [6.07, 6.45) is 1.68. The second kappa shape index (κ2) is 7.51. The van der Waals surface area contributed by atoms with Crippen LogP contribution in [0.2, 0.25) is 5.02 Å². The van der Waals surface area contributed by atoms with Crippen molar-refractivity contribution in [2.24, 2.45) is 5.10 Å². The molecule has 0 fully saturated rings. The summed E-state index contributed by atoms with van der Waals surface area (Å²) in [5.74, 6) is -0.277. The van der Waals surface area contributed by atoms with E-state index >= 15 is 0 Å². The molecular formula is C22H14BrClN2O. The number of hydrogen-bond acceptors (Lipinski definition) is 2. The summed E-state index contributed by atoms with van der Waals surface area (Å²) in [6.45, 7) is 0. The topological polar surface area (TPSA) is 41.5 Å². The highest BCUT2D eigenvalue weighted by atomic mass is 79.9. The number of nitrogens with one attached hydrogen (secondary N) is 1. The third kappa shape index (κ3) is 3.34. The Kier molecular flexibility index (Phi) is 4.92. The van der Waals surface area contributed by atoms with Gasteiger partial charge in [-0.1, -0.05) is 72.3 Å². The standard InChI is InChI=1S/C22H14BrClN2O/c23-20-12-6-5-11-18(20)22(27)26-25-13-19-14-7-1-3-9-16(14)21(24)17-10-4-2-8-15(17)19/h1-13H,(H,26,27). The first-order valence-electron chi connectivity index (χ1n) is 8.33. The van der Waals surface area contributed by atoms with E-state index in [0.717, 1.165) is 36.6 Å². The molecule has 0 aliphatic carbocycles. The van der Waals surface area contributed by atoms with Crippen LogP contribution in [0.15, 0.2) is 82.4 Å². The van der Waals surface area contributed by atoms with Crippen LogP contribution in [0.5, 0.6) is 0 Å². The number of halogens is 2. The van der Waals surface area contributed by atoms with E-state index in [0.29, 0.717) is 5.56 Å². The molecule has 0 saturated carbocycles. The van der Waals surface area contributed by atoms with Gasteiger partial charge in [0.05, 0.1) is 16.8 Å². The molecule has 132 valence electrons. The van der Waals surface area contributed by atoms with Gasteiger partial charge < -0.3 is 0 Å². The Hall–Kier alpha value is -2.69. The number of benzene rings is 4. The maximum Gasteiger partial charge on any atom is 0.272 e. The second-order valence-electron chi connectivity index (χ2n) is 6.00. The molecule has 5 heteroatoms. The zero-order valence-electron chi connectivity index (χ0n) is 14.1. The Morgan fingerprint density at radius 3 is 1.96 bits per heavy atom. The minimum absolute atomic E-state index is 0.277. The Balaban J connectivity index is 1.77. The molecule has 4 aromatic carbocycles. The lowest BCUT2D eigenvalue weighted by atomic mass is 9.97. The van der Waals surface area contributed by atoms with E-state index in [4.69, 9.17) is 11.6 Å². The van der Waals surface area contributed by atoms with E-state index in [1.54, 1.807) is 12.3 Å². The molecule has 0 aliphatic heterocycles. The highest BCUT2D eigenvalue weighted by molar-refractivity contribution is 9.10.